The molecule has 0 fully saturated rings. The monoisotopic (exact) mass is 261 g/mol. The van der Waals surface area contributed by atoms with Gasteiger partial charge in [0.25, 0.3) is 0 Å². The number of amides is 1. The minimum absolute atomic E-state index is 0.165. The first-order valence-corrected chi connectivity index (χ1v) is 5.99. The second-order valence-electron chi connectivity index (χ2n) is 4.25. The molecule has 1 heterocycles. The van der Waals surface area contributed by atoms with Crippen LogP contribution in [-0.4, -0.2) is 5.91 Å². The van der Waals surface area contributed by atoms with Crippen LogP contribution in [0.2, 0.25) is 5.02 Å². The standard InChI is InChI=1S/C14H13ClN2O/c1-10-7-11(2)9-17(8-10)16-14(18)12-3-5-13(15)6-4-12/h3-9H,1-2H3/p+1. The van der Waals surface area contributed by atoms with Gasteiger partial charge in [0.2, 0.25) is 12.4 Å². The molecular weight excluding hydrogens is 248 g/mol. The fraction of sp³-hybridized carbons (Fsp3) is 0.143. The van der Waals surface area contributed by atoms with E-state index in [0.717, 1.165) is 11.1 Å². The van der Waals surface area contributed by atoms with Gasteiger partial charge in [0.1, 0.15) is 0 Å². The summed E-state index contributed by atoms with van der Waals surface area (Å²) in [6.07, 6.45) is 3.72. The highest BCUT2D eigenvalue weighted by Crippen LogP contribution is 2.09. The molecule has 1 aromatic heterocycles. The van der Waals surface area contributed by atoms with Crippen LogP contribution >= 0.6 is 11.6 Å². The smallest absolute Gasteiger partial charge is 0.264 e. The summed E-state index contributed by atoms with van der Waals surface area (Å²) in [5, 5.41) is 0.616. The predicted octanol–water partition coefficient (Wildman–Crippen LogP) is 2.63. The summed E-state index contributed by atoms with van der Waals surface area (Å²) in [5.74, 6) is -0.165. The minimum atomic E-state index is -0.165. The van der Waals surface area contributed by atoms with Gasteiger partial charge in [0.15, 0.2) is 0 Å². The van der Waals surface area contributed by atoms with E-state index in [1.807, 2.05) is 32.3 Å². The molecule has 2 rings (SSSR count). The number of aromatic nitrogens is 1. The molecule has 0 bridgehead atoms. The van der Waals surface area contributed by atoms with Gasteiger partial charge in [0.05, 0.1) is 0 Å². The largest absolute Gasteiger partial charge is 0.305 e. The first-order chi connectivity index (χ1) is 8.54. The van der Waals surface area contributed by atoms with Crippen molar-refractivity contribution in [2.24, 2.45) is 0 Å². The van der Waals surface area contributed by atoms with E-state index in [9.17, 15) is 4.79 Å². The third-order valence-electron chi connectivity index (χ3n) is 2.48. The Bertz CT molecular complexity index is 559. The van der Waals surface area contributed by atoms with Gasteiger partial charge in [-0.05, 0) is 44.2 Å². The molecule has 0 atom stereocenters. The van der Waals surface area contributed by atoms with Crippen LogP contribution in [0.5, 0.6) is 0 Å². The highest BCUT2D eigenvalue weighted by atomic mass is 35.5. The molecular formula is C14H14ClN2O+. The number of hydrogen-bond donors (Lipinski definition) is 1. The number of hydrogen-bond acceptors (Lipinski definition) is 1. The van der Waals surface area contributed by atoms with Crippen LogP contribution < -0.4 is 10.1 Å². The molecule has 4 heteroatoms. The number of nitrogens with one attached hydrogen (secondary N) is 1. The Morgan fingerprint density at radius 2 is 1.67 bits per heavy atom. The van der Waals surface area contributed by atoms with Gasteiger partial charge in [-0.3, -0.25) is 4.79 Å². The van der Waals surface area contributed by atoms with Crippen molar-refractivity contribution in [1.82, 2.24) is 0 Å². The van der Waals surface area contributed by atoms with Crippen LogP contribution in [0.25, 0.3) is 0 Å². The third-order valence-corrected chi connectivity index (χ3v) is 2.73. The molecule has 1 amide bonds. The van der Waals surface area contributed by atoms with Crippen molar-refractivity contribution < 1.29 is 9.47 Å². The molecule has 0 aliphatic heterocycles. The Kier molecular flexibility index (Phi) is 3.63. The Labute approximate surface area is 111 Å². The Hall–Kier alpha value is -1.87. The molecule has 1 N–H and O–H groups in total. The summed E-state index contributed by atoms with van der Waals surface area (Å²) < 4.78 is 1.67. The summed E-state index contributed by atoms with van der Waals surface area (Å²) in [6, 6.07) is 8.83. The number of carbonyl (C=O) groups excluding carboxylic acids is 1. The van der Waals surface area contributed by atoms with Gasteiger partial charge in [-0.15, -0.1) is 5.43 Å². The number of rotatable bonds is 2. The molecule has 0 saturated carbocycles. The molecule has 0 saturated heterocycles. The van der Waals surface area contributed by atoms with Crippen molar-refractivity contribution in [1.29, 1.82) is 0 Å². The second-order valence-corrected chi connectivity index (χ2v) is 4.68. The lowest BCUT2D eigenvalue weighted by Gasteiger charge is -2.01. The Balaban J connectivity index is 2.18. The minimum Gasteiger partial charge on any atom is -0.264 e. The van der Waals surface area contributed by atoms with Crippen LogP contribution in [0.3, 0.4) is 0 Å². The Morgan fingerprint density at radius 3 is 2.22 bits per heavy atom. The van der Waals surface area contributed by atoms with Gasteiger partial charge in [0, 0.05) is 21.7 Å². The molecule has 0 spiro atoms. The zero-order valence-corrected chi connectivity index (χ0v) is 11.0. The SMILES string of the molecule is Cc1cc(C)c[n+](NC(=O)c2ccc(Cl)cc2)c1. The highest BCUT2D eigenvalue weighted by molar-refractivity contribution is 6.30. The number of benzene rings is 1. The molecule has 0 unspecified atom stereocenters. The van der Waals surface area contributed by atoms with Gasteiger partial charge >= 0.3 is 5.91 Å². The number of aryl methyl sites for hydroxylation is 2. The molecule has 0 radical (unpaired) electrons. The van der Waals surface area contributed by atoms with Crippen LogP contribution in [0.15, 0.2) is 42.7 Å². The van der Waals surface area contributed by atoms with Crippen LogP contribution in [-0.2, 0) is 0 Å². The molecule has 18 heavy (non-hydrogen) atoms. The quantitative estimate of drug-likeness (QED) is 0.829. The topological polar surface area (TPSA) is 33.0 Å². The number of nitrogens with zero attached hydrogens (tertiary/aromatic N) is 1. The summed E-state index contributed by atoms with van der Waals surface area (Å²) in [6.45, 7) is 3.97. The van der Waals surface area contributed by atoms with E-state index >= 15 is 0 Å². The first-order valence-electron chi connectivity index (χ1n) is 5.61. The lowest BCUT2D eigenvalue weighted by Crippen LogP contribution is -2.48. The van der Waals surface area contributed by atoms with E-state index in [2.05, 4.69) is 5.43 Å². The van der Waals surface area contributed by atoms with Gasteiger partial charge in [-0.25, -0.2) is 0 Å². The molecule has 0 aliphatic rings. The maximum atomic E-state index is 12.0. The zero-order chi connectivity index (χ0) is 13.1. The fourth-order valence-electron chi connectivity index (χ4n) is 1.76. The van der Waals surface area contributed by atoms with Crippen LogP contribution in [0.1, 0.15) is 21.5 Å². The van der Waals surface area contributed by atoms with Gasteiger partial charge in [-0.1, -0.05) is 16.3 Å². The summed E-state index contributed by atoms with van der Waals surface area (Å²) >= 11 is 5.78. The summed E-state index contributed by atoms with van der Waals surface area (Å²) in [7, 11) is 0. The molecule has 2 aromatic rings. The number of carbonyl (C=O) groups is 1. The molecule has 1 aromatic carbocycles. The molecule has 92 valence electrons. The number of pyridine rings is 1. The lowest BCUT2D eigenvalue weighted by molar-refractivity contribution is -0.642. The average molecular weight is 262 g/mol. The van der Waals surface area contributed by atoms with E-state index in [-0.39, 0.29) is 5.91 Å². The van der Waals surface area contributed by atoms with Crippen molar-refractivity contribution in [2.45, 2.75) is 13.8 Å². The van der Waals surface area contributed by atoms with E-state index in [4.69, 9.17) is 11.6 Å². The van der Waals surface area contributed by atoms with E-state index < -0.39 is 0 Å². The number of halogens is 1. The molecule has 3 nitrogen and oxygen atoms in total. The molecule has 0 aliphatic carbocycles. The van der Waals surface area contributed by atoms with E-state index in [1.54, 1.807) is 28.9 Å². The van der Waals surface area contributed by atoms with Crippen molar-refractivity contribution in [2.75, 3.05) is 5.43 Å². The average Bonchev–Trinajstić information content (AvgIpc) is 2.28. The van der Waals surface area contributed by atoms with Gasteiger partial charge < -0.3 is 0 Å². The van der Waals surface area contributed by atoms with Crippen molar-refractivity contribution in [3.05, 3.63) is 64.4 Å². The Morgan fingerprint density at radius 1 is 1.11 bits per heavy atom. The second kappa shape index (κ2) is 5.19. The lowest BCUT2D eigenvalue weighted by atomic mass is 10.2. The maximum Gasteiger partial charge on any atom is 0.305 e. The summed E-state index contributed by atoms with van der Waals surface area (Å²) in [5.41, 5.74) is 5.55. The van der Waals surface area contributed by atoms with Crippen molar-refractivity contribution >= 4 is 17.5 Å². The predicted molar refractivity (Wildman–Crippen MR) is 71.3 cm³/mol. The van der Waals surface area contributed by atoms with E-state index in [1.165, 1.54) is 0 Å². The van der Waals surface area contributed by atoms with Crippen LogP contribution in [0, 0.1) is 13.8 Å². The fourth-order valence-corrected chi connectivity index (χ4v) is 1.88. The van der Waals surface area contributed by atoms with Crippen LogP contribution in [0.4, 0.5) is 0 Å². The summed E-state index contributed by atoms with van der Waals surface area (Å²) in [4.78, 5) is 12.0. The van der Waals surface area contributed by atoms with Gasteiger partial charge in [-0.2, -0.15) is 0 Å². The zero-order valence-electron chi connectivity index (χ0n) is 10.3. The van der Waals surface area contributed by atoms with Crippen molar-refractivity contribution in [3.8, 4) is 0 Å². The highest BCUT2D eigenvalue weighted by Gasteiger charge is 2.11. The first kappa shape index (κ1) is 12.6. The normalized spacial score (nSPS) is 10.2. The van der Waals surface area contributed by atoms with E-state index in [0.29, 0.717) is 10.6 Å². The maximum absolute atomic E-state index is 12.0. The van der Waals surface area contributed by atoms with Crippen molar-refractivity contribution in [3.63, 3.8) is 0 Å². The third kappa shape index (κ3) is 3.08.